The number of halogens is 1. The van der Waals surface area contributed by atoms with Gasteiger partial charge in [-0.05, 0) is 24.6 Å². The van der Waals surface area contributed by atoms with E-state index in [0.717, 1.165) is 12.1 Å². The summed E-state index contributed by atoms with van der Waals surface area (Å²) >= 11 is 0. The summed E-state index contributed by atoms with van der Waals surface area (Å²) in [5, 5.41) is 16.6. The zero-order valence-electron chi connectivity index (χ0n) is 11.6. The number of carbonyl (C=O) groups is 2. The summed E-state index contributed by atoms with van der Waals surface area (Å²) in [7, 11) is -2.65. The molecular weight excluding hydrogens is 322 g/mol. The minimum Gasteiger partial charge on any atom is -0.496 e. The summed E-state index contributed by atoms with van der Waals surface area (Å²) in [6.07, 6.45) is -0.510. The molecule has 0 saturated carbocycles. The van der Waals surface area contributed by atoms with Gasteiger partial charge in [-0.15, -0.1) is 0 Å². The molecule has 10 heteroatoms. The fourth-order valence-corrected chi connectivity index (χ4v) is 1.85. The Kier molecular flexibility index (Phi) is 8.32. The molecule has 0 radical (unpaired) electrons. The quantitative estimate of drug-likeness (QED) is 0.573. The van der Waals surface area contributed by atoms with E-state index in [2.05, 4.69) is 0 Å². The van der Waals surface area contributed by atoms with Gasteiger partial charge in [0.1, 0.15) is 17.1 Å². The number of aliphatic carboxylic acids is 1. The van der Waals surface area contributed by atoms with E-state index in [4.69, 9.17) is 24.7 Å². The number of benzene rings is 1. The lowest BCUT2D eigenvalue weighted by atomic mass is 10.2. The lowest BCUT2D eigenvalue weighted by Crippen LogP contribution is -2.00. The van der Waals surface area contributed by atoms with Gasteiger partial charge in [0.15, 0.2) is 0 Å². The maximum absolute atomic E-state index is 12.5. The third-order valence-corrected chi connectivity index (χ3v) is 3.13. The van der Waals surface area contributed by atoms with Crippen molar-refractivity contribution in [3.63, 3.8) is 0 Å². The van der Waals surface area contributed by atoms with Crippen LogP contribution in [0.3, 0.4) is 0 Å². The molecule has 0 aliphatic rings. The van der Waals surface area contributed by atoms with Crippen LogP contribution in [-0.4, -0.2) is 45.2 Å². The Hall–Kier alpha value is -1.96. The molecule has 0 fully saturated rings. The van der Waals surface area contributed by atoms with Crippen LogP contribution in [-0.2, 0) is 9.36 Å². The maximum atomic E-state index is 12.5. The second-order valence-corrected chi connectivity index (χ2v) is 5.81. The molecule has 4 N–H and O–H groups in total. The number of aromatic carboxylic acids is 1. The maximum Gasteiger partial charge on any atom is 0.339 e. The third kappa shape index (κ3) is 9.06. The van der Waals surface area contributed by atoms with Gasteiger partial charge in [-0.1, -0.05) is 0 Å². The molecule has 0 aliphatic heterocycles. The molecule has 0 atom stereocenters. The Balaban J connectivity index is 0.000000409. The van der Waals surface area contributed by atoms with Crippen molar-refractivity contribution in [1.29, 1.82) is 0 Å². The first kappa shape index (κ1) is 20.0. The van der Waals surface area contributed by atoms with Crippen LogP contribution < -0.4 is 4.74 Å². The van der Waals surface area contributed by atoms with Crippen LogP contribution in [0, 0.1) is 5.82 Å². The Morgan fingerprint density at radius 1 is 1.27 bits per heavy atom. The molecule has 0 unspecified atom stereocenters. The normalized spacial score (nSPS) is 10.4. The van der Waals surface area contributed by atoms with Gasteiger partial charge in [-0.3, -0.25) is 9.36 Å². The summed E-state index contributed by atoms with van der Waals surface area (Å²) in [6, 6.07) is 3.34. The van der Waals surface area contributed by atoms with Gasteiger partial charge < -0.3 is 24.7 Å². The van der Waals surface area contributed by atoms with Crippen molar-refractivity contribution in [2.75, 3.05) is 13.3 Å². The zero-order chi connectivity index (χ0) is 17.3. The smallest absolute Gasteiger partial charge is 0.339 e. The second kappa shape index (κ2) is 9.14. The largest absolute Gasteiger partial charge is 0.496 e. The molecule has 0 heterocycles. The molecule has 1 aromatic rings. The highest BCUT2D eigenvalue weighted by molar-refractivity contribution is 7.51. The van der Waals surface area contributed by atoms with Gasteiger partial charge in [-0.25, -0.2) is 9.18 Å². The SMILES string of the molecule is COc1ccc(F)cc1C(=O)O.O=C(O)CCCP(=O)(O)O. The van der Waals surface area contributed by atoms with Gasteiger partial charge in [0.05, 0.1) is 13.3 Å². The van der Waals surface area contributed by atoms with Crippen LogP contribution in [0.1, 0.15) is 23.2 Å². The topological polar surface area (TPSA) is 141 Å². The molecule has 0 bridgehead atoms. The van der Waals surface area contributed by atoms with E-state index >= 15 is 0 Å². The van der Waals surface area contributed by atoms with Gasteiger partial charge in [0.2, 0.25) is 0 Å². The van der Waals surface area contributed by atoms with Gasteiger partial charge in [-0.2, -0.15) is 0 Å². The molecular formula is C12H16FO8P. The standard InChI is InChI=1S/C8H7FO3.C4H9O5P/c1-12-7-3-2-5(9)4-6(7)8(10)11;5-4(6)2-1-3-10(7,8)9/h2-4H,1H3,(H,10,11);1-3H2,(H,5,6)(H2,7,8,9). The van der Waals surface area contributed by atoms with E-state index in [1.165, 1.54) is 13.2 Å². The minimum atomic E-state index is -3.99. The number of hydrogen-bond acceptors (Lipinski definition) is 4. The number of ether oxygens (including phenoxy) is 1. The molecule has 0 spiro atoms. The van der Waals surface area contributed by atoms with Gasteiger partial charge in [0.25, 0.3) is 0 Å². The van der Waals surface area contributed by atoms with Crippen molar-refractivity contribution in [3.05, 3.63) is 29.6 Å². The monoisotopic (exact) mass is 338 g/mol. The predicted molar refractivity (Wildman–Crippen MR) is 73.7 cm³/mol. The highest BCUT2D eigenvalue weighted by Gasteiger charge is 2.12. The van der Waals surface area contributed by atoms with Crippen molar-refractivity contribution in [3.8, 4) is 5.75 Å². The Morgan fingerprint density at radius 3 is 2.27 bits per heavy atom. The Morgan fingerprint density at radius 2 is 1.86 bits per heavy atom. The summed E-state index contributed by atoms with van der Waals surface area (Å²) < 4.78 is 27.4. The van der Waals surface area contributed by atoms with Crippen molar-refractivity contribution < 1.29 is 43.3 Å². The van der Waals surface area contributed by atoms with Crippen molar-refractivity contribution >= 4 is 19.5 Å². The lowest BCUT2D eigenvalue weighted by molar-refractivity contribution is -0.137. The first-order valence-electron chi connectivity index (χ1n) is 5.90. The van der Waals surface area contributed by atoms with E-state index in [-0.39, 0.29) is 30.3 Å². The fraction of sp³-hybridized carbons (Fsp3) is 0.333. The molecule has 0 aromatic heterocycles. The summed E-state index contributed by atoms with van der Waals surface area (Å²) in [5.74, 6) is -2.67. The third-order valence-electron chi connectivity index (χ3n) is 2.23. The molecule has 124 valence electrons. The van der Waals surface area contributed by atoms with E-state index < -0.39 is 25.4 Å². The molecule has 1 aromatic carbocycles. The zero-order valence-corrected chi connectivity index (χ0v) is 12.5. The highest BCUT2D eigenvalue weighted by atomic mass is 31.2. The van der Waals surface area contributed by atoms with Crippen LogP contribution in [0.4, 0.5) is 4.39 Å². The lowest BCUT2D eigenvalue weighted by Gasteiger charge is -2.03. The Bertz CT molecular complexity index is 568. The molecule has 8 nitrogen and oxygen atoms in total. The molecule has 0 amide bonds. The number of hydrogen-bond donors (Lipinski definition) is 4. The second-order valence-electron chi connectivity index (χ2n) is 4.04. The fourth-order valence-electron chi connectivity index (χ4n) is 1.28. The van der Waals surface area contributed by atoms with E-state index in [1.54, 1.807) is 0 Å². The summed E-state index contributed by atoms with van der Waals surface area (Å²) in [5.41, 5.74) is -0.169. The number of rotatable bonds is 6. The first-order valence-corrected chi connectivity index (χ1v) is 7.69. The van der Waals surface area contributed by atoms with Gasteiger partial charge >= 0.3 is 19.5 Å². The predicted octanol–water partition coefficient (Wildman–Crippen LogP) is 1.56. The highest BCUT2D eigenvalue weighted by Crippen LogP contribution is 2.35. The summed E-state index contributed by atoms with van der Waals surface area (Å²) in [4.78, 5) is 36.8. The number of carboxylic acids is 2. The van der Waals surface area contributed by atoms with Crippen LogP contribution in [0.25, 0.3) is 0 Å². The average Bonchev–Trinajstić information content (AvgIpc) is 2.37. The van der Waals surface area contributed by atoms with Crippen LogP contribution in [0.15, 0.2) is 18.2 Å². The van der Waals surface area contributed by atoms with Crippen molar-refractivity contribution in [1.82, 2.24) is 0 Å². The van der Waals surface area contributed by atoms with Crippen molar-refractivity contribution in [2.45, 2.75) is 12.8 Å². The van der Waals surface area contributed by atoms with E-state index in [9.17, 15) is 18.5 Å². The van der Waals surface area contributed by atoms with E-state index in [1.807, 2.05) is 0 Å². The van der Waals surface area contributed by atoms with Crippen LogP contribution in [0.2, 0.25) is 0 Å². The molecule has 0 saturated heterocycles. The van der Waals surface area contributed by atoms with Gasteiger partial charge in [0, 0.05) is 6.42 Å². The van der Waals surface area contributed by atoms with Crippen LogP contribution in [0.5, 0.6) is 5.75 Å². The molecule has 0 aliphatic carbocycles. The molecule has 1 rings (SSSR count). The number of methoxy groups -OCH3 is 1. The first-order chi connectivity index (χ1) is 10.1. The molecule has 22 heavy (non-hydrogen) atoms. The van der Waals surface area contributed by atoms with Crippen LogP contribution >= 0.6 is 7.60 Å². The minimum absolute atomic E-state index is 0.0274. The van der Waals surface area contributed by atoms with Crippen molar-refractivity contribution in [2.24, 2.45) is 0 Å². The average molecular weight is 338 g/mol. The van der Waals surface area contributed by atoms with E-state index in [0.29, 0.717) is 0 Å². The number of carboxylic acid groups (broad SMARTS) is 2. The summed E-state index contributed by atoms with van der Waals surface area (Å²) in [6.45, 7) is 0. The Labute approximate surface area is 125 Å².